The summed E-state index contributed by atoms with van der Waals surface area (Å²) in [6, 6.07) is 2.34. The van der Waals surface area contributed by atoms with E-state index in [1.165, 1.54) is 0 Å². The number of hydrogen-bond acceptors (Lipinski definition) is 3. The zero-order chi connectivity index (χ0) is 13.9. The predicted octanol–water partition coefficient (Wildman–Crippen LogP) is 1.72. The van der Waals surface area contributed by atoms with Gasteiger partial charge in [-0.3, -0.25) is 9.69 Å². The van der Waals surface area contributed by atoms with Crippen molar-refractivity contribution in [2.24, 2.45) is 11.3 Å². The second-order valence-corrected chi connectivity index (χ2v) is 6.40. The van der Waals surface area contributed by atoms with Gasteiger partial charge < -0.3 is 4.90 Å². The van der Waals surface area contributed by atoms with Gasteiger partial charge in [-0.1, -0.05) is 34.6 Å². The fraction of sp³-hybridized carbons (Fsp3) is 0.857. The number of nitrogens with zero attached hydrogens (tertiary/aromatic N) is 3. The summed E-state index contributed by atoms with van der Waals surface area (Å²) >= 11 is 0. The van der Waals surface area contributed by atoms with Gasteiger partial charge in [0.2, 0.25) is 5.91 Å². The molecule has 1 aliphatic heterocycles. The molecule has 0 bridgehead atoms. The quantitative estimate of drug-likeness (QED) is 0.751. The van der Waals surface area contributed by atoms with Gasteiger partial charge in [-0.25, -0.2) is 0 Å². The molecule has 0 radical (unpaired) electrons. The molecule has 4 nitrogen and oxygen atoms in total. The van der Waals surface area contributed by atoms with Crippen molar-refractivity contribution in [1.29, 1.82) is 5.26 Å². The molecule has 0 spiro atoms. The Labute approximate surface area is 111 Å². The topological polar surface area (TPSA) is 47.3 Å². The molecule has 0 saturated carbocycles. The number of carbonyl (C=O) groups excluding carboxylic acids is 1. The monoisotopic (exact) mass is 251 g/mol. The Morgan fingerprint density at radius 3 is 2.00 bits per heavy atom. The first kappa shape index (κ1) is 15.0. The number of amides is 1. The average Bonchev–Trinajstić information content (AvgIpc) is 2.28. The largest absolute Gasteiger partial charge is 0.340 e. The van der Waals surface area contributed by atoms with Gasteiger partial charge in [0.15, 0.2) is 0 Å². The molecule has 0 aromatic heterocycles. The molecule has 1 aliphatic rings. The summed E-state index contributed by atoms with van der Waals surface area (Å²) in [5.41, 5.74) is -0.311. The smallest absolute Gasteiger partial charge is 0.228 e. The van der Waals surface area contributed by atoms with Gasteiger partial charge in [-0.2, -0.15) is 5.26 Å². The lowest BCUT2D eigenvalue weighted by Crippen LogP contribution is -2.54. The lowest BCUT2D eigenvalue weighted by atomic mass is 9.94. The summed E-state index contributed by atoms with van der Waals surface area (Å²) in [7, 11) is 0. The SMILES string of the molecule is CC(C)C(C#N)N1CCN(C(=O)C(C)(C)C)CC1. The van der Waals surface area contributed by atoms with E-state index in [1.54, 1.807) is 0 Å². The second-order valence-electron chi connectivity index (χ2n) is 6.40. The second kappa shape index (κ2) is 5.71. The number of rotatable bonds is 2. The summed E-state index contributed by atoms with van der Waals surface area (Å²) in [5.74, 6) is 0.542. The first-order chi connectivity index (χ1) is 8.27. The van der Waals surface area contributed by atoms with Crippen molar-refractivity contribution in [3.63, 3.8) is 0 Å². The Bertz CT molecular complexity index is 330. The van der Waals surface area contributed by atoms with Crippen LogP contribution in [0.2, 0.25) is 0 Å². The minimum atomic E-state index is -0.311. The highest BCUT2D eigenvalue weighted by atomic mass is 16.2. The molecule has 1 rings (SSSR count). The van der Waals surface area contributed by atoms with E-state index in [0.717, 1.165) is 26.2 Å². The highest BCUT2D eigenvalue weighted by molar-refractivity contribution is 5.81. The highest BCUT2D eigenvalue weighted by Gasteiger charge is 2.32. The van der Waals surface area contributed by atoms with Crippen LogP contribution in [0.3, 0.4) is 0 Å². The Hall–Kier alpha value is -1.08. The van der Waals surface area contributed by atoms with Crippen molar-refractivity contribution >= 4 is 5.91 Å². The van der Waals surface area contributed by atoms with E-state index in [9.17, 15) is 10.1 Å². The Morgan fingerprint density at radius 2 is 1.67 bits per heavy atom. The van der Waals surface area contributed by atoms with Gasteiger partial charge in [0.1, 0.15) is 6.04 Å². The molecule has 1 amide bonds. The number of nitriles is 1. The summed E-state index contributed by atoms with van der Waals surface area (Å²) in [4.78, 5) is 16.3. The van der Waals surface area contributed by atoms with E-state index in [2.05, 4.69) is 24.8 Å². The minimum absolute atomic E-state index is 0.0307. The molecule has 0 N–H and O–H groups in total. The fourth-order valence-electron chi connectivity index (χ4n) is 2.33. The van der Waals surface area contributed by atoms with Crippen LogP contribution in [0, 0.1) is 22.7 Å². The van der Waals surface area contributed by atoms with Gasteiger partial charge in [-0.05, 0) is 5.92 Å². The normalized spacial score (nSPS) is 19.7. The molecule has 0 aliphatic carbocycles. The molecular weight excluding hydrogens is 226 g/mol. The molecule has 0 aromatic carbocycles. The molecule has 1 fully saturated rings. The van der Waals surface area contributed by atoms with Crippen LogP contribution in [0.1, 0.15) is 34.6 Å². The molecule has 1 unspecified atom stereocenters. The lowest BCUT2D eigenvalue weighted by molar-refractivity contribution is -0.141. The predicted molar refractivity (Wildman–Crippen MR) is 71.8 cm³/mol. The molecule has 1 saturated heterocycles. The summed E-state index contributed by atoms with van der Waals surface area (Å²) in [5, 5.41) is 9.18. The van der Waals surface area contributed by atoms with Crippen LogP contribution >= 0.6 is 0 Å². The summed E-state index contributed by atoms with van der Waals surface area (Å²) in [6.45, 7) is 13.1. The molecule has 102 valence electrons. The third kappa shape index (κ3) is 3.46. The van der Waals surface area contributed by atoms with E-state index >= 15 is 0 Å². The summed E-state index contributed by atoms with van der Waals surface area (Å²) < 4.78 is 0. The minimum Gasteiger partial charge on any atom is -0.340 e. The number of hydrogen-bond donors (Lipinski definition) is 0. The molecule has 0 aromatic rings. The standard InChI is InChI=1S/C14H25N3O/c1-11(2)12(10-15)16-6-8-17(9-7-16)13(18)14(3,4)5/h11-12H,6-9H2,1-5H3. The summed E-state index contributed by atoms with van der Waals surface area (Å²) in [6.07, 6.45) is 0. The Kier molecular flexibility index (Phi) is 4.75. The average molecular weight is 251 g/mol. The van der Waals surface area contributed by atoms with E-state index in [0.29, 0.717) is 5.92 Å². The van der Waals surface area contributed by atoms with Gasteiger partial charge in [-0.15, -0.1) is 0 Å². The van der Waals surface area contributed by atoms with Crippen LogP contribution in [0.4, 0.5) is 0 Å². The number of carbonyl (C=O) groups is 1. The molecule has 1 heterocycles. The van der Waals surface area contributed by atoms with E-state index < -0.39 is 0 Å². The third-order valence-electron chi connectivity index (χ3n) is 3.40. The zero-order valence-corrected chi connectivity index (χ0v) is 12.2. The third-order valence-corrected chi connectivity index (χ3v) is 3.40. The van der Waals surface area contributed by atoms with Crippen molar-refractivity contribution in [2.45, 2.75) is 40.7 Å². The Morgan fingerprint density at radius 1 is 1.17 bits per heavy atom. The maximum absolute atomic E-state index is 12.1. The van der Waals surface area contributed by atoms with Crippen LogP contribution in [-0.2, 0) is 4.79 Å². The maximum Gasteiger partial charge on any atom is 0.228 e. The van der Waals surface area contributed by atoms with Crippen LogP contribution in [-0.4, -0.2) is 47.9 Å². The van der Waals surface area contributed by atoms with Crippen LogP contribution in [0.25, 0.3) is 0 Å². The zero-order valence-electron chi connectivity index (χ0n) is 12.2. The van der Waals surface area contributed by atoms with Crippen LogP contribution in [0.15, 0.2) is 0 Å². The van der Waals surface area contributed by atoms with E-state index in [1.807, 2.05) is 25.7 Å². The maximum atomic E-state index is 12.1. The van der Waals surface area contributed by atoms with Crippen molar-refractivity contribution in [2.75, 3.05) is 26.2 Å². The highest BCUT2D eigenvalue weighted by Crippen LogP contribution is 2.20. The van der Waals surface area contributed by atoms with Crippen molar-refractivity contribution < 1.29 is 4.79 Å². The molecule has 4 heteroatoms. The van der Waals surface area contributed by atoms with Gasteiger partial charge in [0.25, 0.3) is 0 Å². The number of piperazine rings is 1. The van der Waals surface area contributed by atoms with Crippen LogP contribution in [0.5, 0.6) is 0 Å². The van der Waals surface area contributed by atoms with Gasteiger partial charge in [0.05, 0.1) is 6.07 Å². The lowest BCUT2D eigenvalue weighted by Gasteiger charge is -2.40. The molecule has 18 heavy (non-hydrogen) atoms. The van der Waals surface area contributed by atoms with Crippen molar-refractivity contribution in [1.82, 2.24) is 9.80 Å². The Balaban J connectivity index is 2.57. The van der Waals surface area contributed by atoms with Crippen LogP contribution < -0.4 is 0 Å². The fourth-order valence-corrected chi connectivity index (χ4v) is 2.33. The van der Waals surface area contributed by atoms with E-state index in [4.69, 9.17) is 0 Å². The molecule has 1 atom stereocenters. The van der Waals surface area contributed by atoms with Crippen molar-refractivity contribution in [3.8, 4) is 6.07 Å². The molecular formula is C14H25N3O. The first-order valence-electron chi connectivity index (χ1n) is 6.70. The van der Waals surface area contributed by atoms with E-state index in [-0.39, 0.29) is 17.4 Å². The van der Waals surface area contributed by atoms with Gasteiger partial charge >= 0.3 is 0 Å². The van der Waals surface area contributed by atoms with Gasteiger partial charge in [0, 0.05) is 31.6 Å². The van der Waals surface area contributed by atoms with Crippen molar-refractivity contribution in [3.05, 3.63) is 0 Å². The first-order valence-corrected chi connectivity index (χ1v) is 6.70.